The van der Waals surface area contributed by atoms with Gasteiger partial charge in [-0.25, -0.2) is 0 Å². The average Bonchev–Trinajstić information content (AvgIpc) is 3.29. The molecule has 144 valence electrons. The molecule has 1 amide bonds. The van der Waals surface area contributed by atoms with Crippen LogP contribution in [0.15, 0.2) is 54.6 Å². The number of fused-ring (bicyclic) bond motifs is 1. The van der Waals surface area contributed by atoms with E-state index in [0.717, 1.165) is 22.8 Å². The van der Waals surface area contributed by atoms with Gasteiger partial charge in [-0.3, -0.25) is 4.79 Å². The van der Waals surface area contributed by atoms with Crippen LogP contribution < -0.4 is 19.5 Å². The van der Waals surface area contributed by atoms with Gasteiger partial charge in [0.05, 0.1) is 12.1 Å². The molecule has 0 fully saturated rings. The van der Waals surface area contributed by atoms with Crippen LogP contribution in [0.25, 0.3) is 5.69 Å². The summed E-state index contributed by atoms with van der Waals surface area (Å²) in [6.07, 6.45) is 0. The molecule has 1 aromatic heterocycles. The lowest BCUT2D eigenvalue weighted by Crippen LogP contribution is -2.28. The van der Waals surface area contributed by atoms with Crippen LogP contribution in [-0.2, 0) is 0 Å². The van der Waals surface area contributed by atoms with Crippen molar-refractivity contribution in [3.63, 3.8) is 0 Å². The van der Waals surface area contributed by atoms with Crippen LogP contribution in [0.3, 0.4) is 0 Å². The van der Waals surface area contributed by atoms with Crippen LogP contribution in [0.1, 0.15) is 21.7 Å². The van der Waals surface area contributed by atoms with Crippen molar-refractivity contribution in [2.45, 2.75) is 13.8 Å². The van der Waals surface area contributed by atoms with Crippen LogP contribution in [0.4, 0.5) is 0 Å². The molecule has 2 heterocycles. The van der Waals surface area contributed by atoms with Gasteiger partial charge in [0, 0.05) is 23.1 Å². The van der Waals surface area contributed by atoms with Crippen molar-refractivity contribution in [2.75, 3.05) is 19.9 Å². The predicted octanol–water partition coefficient (Wildman–Crippen LogP) is 3.63. The average molecular weight is 378 g/mol. The minimum Gasteiger partial charge on any atom is -0.492 e. The Hall–Kier alpha value is -3.41. The molecule has 0 saturated carbocycles. The lowest BCUT2D eigenvalue weighted by molar-refractivity contribution is 0.0946. The highest BCUT2D eigenvalue weighted by molar-refractivity contribution is 5.95. The molecule has 1 aliphatic heterocycles. The third-order valence-electron chi connectivity index (χ3n) is 4.69. The molecule has 6 nitrogen and oxygen atoms in total. The van der Waals surface area contributed by atoms with Gasteiger partial charge >= 0.3 is 0 Å². The fourth-order valence-corrected chi connectivity index (χ4v) is 3.36. The van der Waals surface area contributed by atoms with E-state index >= 15 is 0 Å². The number of carbonyl (C=O) groups excluding carboxylic acids is 1. The molecule has 1 aliphatic rings. The van der Waals surface area contributed by atoms with Gasteiger partial charge in [-0.2, -0.15) is 0 Å². The van der Waals surface area contributed by atoms with Gasteiger partial charge in [0.25, 0.3) is 5.91 Å². The van der Waals surface area contributed by atoms with E-state index in [1.807, 2.05) is 62.4 Å². The van der Waals surface area contributed by atoms with Crippen LogP contribution in [-0.4, -0.2) is 30.4 Å². The van der Waals surface area contributed by atoms with Gasteiger partial charge < -0.3 is 24.1 Å². The Morgan fingerprint density at radius 3 is 2.68 bits per heavy atom. The van der Waals surface area contributed by atoms with Crippen molar-refractivity contribution in [2.24, 2.45) is 0 Å². The summed E-state index contributed by atoms with van der Waals surface area (Å²) in [6.45, 7) is 4.96. The van der Waals surface area contributed by atoms with Crippen molar-refractivity contribution in [1.29, 1.82) is 0 Å². The summed E-state index contributed by atoms with van der Waals surface area (Å²) < 4.78 is 18.4. The first-order chi connectivity index (χ1) is 13.6. The molecule has 0 atom stereocenters. The van der Waals surface area contributed by atoms with E-state index in [4.69, 9.17) is 14.2 Å². The fourth-order valence-electron chi connectivity index (χ4n) is 3.36. The molecule has 0 bridgehead atoms. The van der Waals surface area contributed by atoms with Gasteiger partial charge in [0.2, 0.25) is 6.79 Å². The molecule has 6 heteroatoms. The van der Waals surface area contributed by atoms with Gasteiger partial charge in [0.1, 0.15) is 12.4 Å². The van der Waals surface area contributed by atoms with E-state index in [1.165, 1.54) is 0 Å². The van der Waals surface area contributed by atoms with Crippen LogP contribution >= 0.6 is 0 Å². The monoisotopic (exact) mass is 378 g/mol. The second kappa shape index (κ2) is 7.68. The van der Waals surface area contributed by atoms with Crippen molar-refractivity contribution >= 4 is 5.91 Å². The van der Waals surface area contributed by atoms with Crippen molar-refractivity contribution < 1.29 is 19.0 Å². The molecular weight excluding hydrogens is 356 g/mol. The Bertz CT molecular complexity index is 995. The van der Waals surface area contributed by atoms with Crippen molar-refractivity contribution in [3.05, 3.63) is 71.5 Å². The largest absolute Gasteiger partial charge is 0.492 e. The van der Waals surface area contributed by atoms with Gasteiger partial charge in [0.15, 0.2) is 11.5 Å². The van der Waals surface area contributed by atoms with E-state index in [2.05, 4.69) is 9.88 Å². The molecule has 0 radical (unpaired) electrons. The number of aryl methyl sites for hydroxylation is 1. The third-order valence-corrected chi connectivity index (χ3v) is 4.69. The fraction of sp³-hybridized carbons (Fsp3) is 0.227. The number of carbonyl (C=O) groups is 1. The Kier molecular flexibility index (Phi) is 4.93. The summed E-state index contributed by atoms with van der Waals surface area (Å²) >= 11 is 0. The first-order valence-electron chi connectivity index (χ1n) is 9.18. The molecule has 0 aliphatic carbocycles. The number of para-hydroxylation sites is 1. The lowest BCUT2D eigenvalue weighted by atomic mass is 10.2. The number of ether oxygens (including phenoxy) is 3. The third kappa shape index (κ3) is 3.53. The molecule has 0 saturated heterocycles. The Balaban J connectivity index is 1.35. The first-order valence-corrected chi connectivity index (χ1v) is 9.18. The second-order valence-electron chi connectivity index (χ2n) is 6.58. The van der Waals surface area contributed by atoms with E-state index < -0.39 is 0 Å². The minimum absolute atomic E-state index is 0.107. The first kappa shape index (κ1) is 18.0. The van der Waals surface area contributed by atoms with Gasteiger partial charge in [-0.1, -0.05) is 18.2 Å². The highest BCUT2D eigenvalue weighted by Crippen LogP contribution is 2.35. The quantitative estimate of drug-likeness (QED) is 0.666. The Labute approximate surface area is 163 Å². The zero-order valence-electron chi connectivity index (χ0n) is 15.9. The summed E-state index contributed by atoms with van der Waals surface area (Å²) in [5, 5.41) is 2.92. The summed E-state index contributed by atoms with van der Waals surface area (Å²) in [6, 6.07) is 17.3. The SMILES string of the molecule is Cc1cc(C(=O)NCCOc2ccc3c(c2)OCO3)c(C)n1-c1ccccc1. The molecular formula is C22H22N2O4. The summed E-state index contributed by atoms with van der Waals surface area (Å²) in [5.41, 5.74) is 3.65. The number of rotatable bonds is 6. The van der Waals surface area contributed by atoms with Crippen molar-refractivity contribution in [1.82, 2.24) is 9.88 Å². The summed E-state index contributed by atoms with van der Waals surface area (Å²) in [4.78, 5) is 12.6. The van der Waals surface area contributed by atoms with Gasteiger partial charge in [-0.15, -0.1) is 0 Å². The number of aromatic nitrogens is 1. The Morgan fingerprint density at radius 2 is 1.86 bits per heavy atom. The number of hydrogen-bond donors (Lipinski definition) is 1. The predicted molar refractivity (Wildman–Crippen MR) is 106 cm³/mol. The van der Waals surface area contributed by atoms with Crippen LogP contribution in [0.2, 0.25) is 0 Å². The molecule has 4 rings (SSSR count). The number of hydrogen-bond acceptors (Lipinski definition) is 4. The zero-order chi connectivity index (χ0) is 19.5. The van der Waals surface area contributed by atoms with E-state index in [0.29, 0.717) is 30.2 Å². The lowest BCUT2D eigenvalue weighted by Gasteiger charge is -2.10. The maximum absolute atomic E-state index is 12.6. The minimum atomic E-state index is -0.107. The smallest absolute Gasteiger partial charge is 0.253 e. The summed E-state index contributed by atoms with van der Waals surface area (Å²) in [7, 11) is 0. The van der Waals surface area contributed by atoms with E-state index in [1.54, 1.807) is 6.07 Å². The second-order valence-corrected chi connectivity index (χ2v) is 6.58. The summed E-state index contributed by atoms with van der Waals surface area (Å²) in [5.74, 6) is 1.97. The number of benzene rings is 2. The van der Waals surface area contributed by atoms with Gasteiger partial charge in [-0.05, 0) is 44.2 Å². The maximum Gasteiger partial charge on any atom is 0.253 e. The number of amides is 1. The van der Waals surface area contributed by atoms with Crippen molar-refractivity contribution in [3.8, 4) is 22.9 Å². The number of nitrogens with one attached hydrogen (secondary N) is 1. The normalized spacial score (nSPS) is 12.1. The van der Waals surface area contributed by atoms with Crippen LogP contribution in [0.5, 0.6) is 17.2 Å². The maximum atomic E-state index is 12.6. The van der Waals surface area contributed by atoms with E-state index in [9.17, 15) is 4.79 Å². The zero-order valence-corrected chi connectivity index (χ0v) is 15.9. The molecule has 3 aromatic rings. The topological polar surface area (TPSA) is 61.7 Å². The van der Waals surface area contributed by atoms with Crippen LogP contribution in [0, 0.1) is 13.8 Å². The standard InChI is InChI=1S/C22H22N2O4/c1-15-12-19(16(2)24(15)17-6-4-3-5-7-17)22(25)23-10-11-26-18-8-9-20-21(13-18)28-14-27-20/h3-9,12-13H,10-11,14H2,1-2H3,(H,23,25). The molecule has 0 spiro atoms. The molecule has 2 aromatic carbocycles. The molecule has 1 N–H and O–H groups in total. The van der Waals surface area contributed by atoms with E-state index in [-0.39, 0.29) is 12.7 Å². The Morgan fingerprint density at radius 1 is 1.07 bits per heavy atom. The highest BCUT2D eigenvalue weighted by atomic mass is 16.7. The highest BCUT2D eigenvalue weighted by Gasteiger charge is 2.17. The number of nitrogens with zero attached hydrogens (tertiary/aromatic N) is 1. The molecule has 0 unspecified atom stereocenters. The molecule has 28 heavy (non-hydrogen) atoms.